The van der Waals surface area contributed by atoms with E-state index >= 15 is 0 Å². The van der Waals surface area contributed by atoms with Crippen molar-refractivity contribution >= 4 is 33.0 Å². The highest BCUT2D eigenvalue weighted by molar-refractivity contribution is 7.89. The van der Waals surface area contributed by atoms with E-state index in [9.17, 15) is 8.42 Å². The molecule has 8 heteroatoms. The molecular weight excluding hydrogens is 332 g/mol. The molecule has 0 saturated carbocycles. The Bertz CT molecular complexity index is 584. The van der Waals surface area contributed by atoms with E-state index in [4.69, 9.17) is 16.3 Å². The van der Waals surface area contributed by atoms with Crippen LogP contribution < -0.4 is 0 Å². The van der Waals surface area contributed by atoms with Crippen LogP contribution in [0.25, 0.3) is 0 Å². The lowest BCUT2D eigenvalue weighted by Crippen LogP contribution is -2.45. The quantitative estimate of drug-likeness (QED) is 0.774. The standard InChI is InChI=1S/C13H19ClN2O3S2/c14-8-12-7-13(10-20-12)21(17,18)16-2-1-11(9-16)15-3-5-19-6-4-15/h7,10-11H,1-6,8-9H2. The Labute approximate surface area is 134 Å². The number of thiophene rings is 1. The van der Waals surface area contributed by atoms with Crippen LogP contribution in [-0.2, 0) is 20.6 Å². The van der Waals surface area contributed by atoms with Crippen molar-refractivity contribution in [3.63, 3.8) is 0 Å². The molecule has 0 radical (unpaired) electrons. The lowest BCUT2D eigenvalue weighted by Gasteiger charge is -2.32. The third-order valence-corrected chi connectivity index (χ3v) is 7.46. The van der Waals surface area contributed by atoms with Crippen LogP contribution in [0.15, 0.2) is 16.3 Å². The van der Waals surface area contributed by atoms with Crippen molar-refractivity contribution in [3.05, 3.63) is 16.3 Å². The van der Waals surface area contributed by atoms with Crippen LogP contribution in [0.3, 0.4) is 0 Å². The third-order valence-electron chi connectivity index (χ3n) is 4.09. The molecule has 2 aliphatic rings. The van der Waals surface area contributed by atoms with Gasteiger partial charge in [0.2, 0.25) is 10.0 Å². The summed E-state index contributed by atoms with van der Waals surface area (Å²) in [6.45, 7) is 4.45. The Hall–Kier alpha value is -0.180. The van der Waals surface area contributed by atoms with Gasteiger partial charge in [-0.1, -0.05) is 0 Å². The third kappa shape index (κ3) is 3.28. The van der Waals surface area contributed by atoms with Gasteiger partial charge in [-0.2, -0.15) is 4.31 Å². The molecule has 0 spiro atoms. The molecule has 3 rings (SSSR count). The molecule has 0 bridgehead atoms. The summed E-state index contributed by atoms with van der Waals surface area (Å²) in [7, 11) is -3.37. The average Bonchev–Trinajstić information content (AvgIpc) is 3.18. The van der Waals surface area contributed by atoms with Crippen LogP contribution in [0.4, 0.5) is 0 Å². The summed E-state index contributed by atoms with van der Waals surface area (Å²) in [5.74, 6) is 0.358. The maximum absolute atomic E-state index is 12.6. The average molecular weight is 351 g/mol. The molecule has 5 nitrogen and oxygen atoms in total. The summed E-state index contributed by atoms with van der Waals surface area (Å²) in [4.78, 5) is 3.61. The van der Waals surface area contributed by atoms with Crippen molar-refractivity contribution in [3.8, 4) is 0 Å². The Morgan fingerprint density at radius 3 is 2.76 bits per heavy atom. The summed E-state index contributed by atoms with van der Waals surface area (Å²) >= 11 is 7.16. The van der Waals surface area contributed by atoms with Gasteiger partial charge in [0.05, 0.1) is 24.0 Å². The van der Waals surface area contributed by atoms with Gasteiger partial charge >= 0.3 is 0 Å². The first-order valence-electron chi connectivity index (χ1n) is 7.06. The first kappa shape index (κ1) is 15.7. The predicted molar refractivity (Wildman–Crippen MR) is 83.4 cm³/mol. The van der Waals surface area contributed by atoms with E-state index in [0.29, 0.717) is 29.9 Å². The van der Waals surface area contributed by atoms with Gasteiger partial charge in [0.1, 0.15) is 0 Å². The number of halogens is 1. The molecule has 1 aromatic heterocycles. The SMILES string of the molecule is O=S(=O)(c1csc(CCl)c1)N1CCC(N2CCOCC2)C1. The zero-order valence-electron chi connectivity index (χ0n) is 11.7. The van der Waals surface area contributed by atoms with E-state index in [0.717, 1.165) is 37.6 Å². The Kier molecular flexibility index (Phi) is 4.87. The molecule has 0 aliphatic carbocycles. The fourth-order valence-electron chi connectivity index (χ4n) is 2.88. The van der Waals surface area contributed by atoms with Gasteiger partial charge in [-0.05, 0) is 12.5 Å². The Morgan fingerprint density at radius 1 is 1.33 bits per heavy atom. The minimum absolute atomic E-state index is 0.315. The fourth-order valence-corrected chi connectivity index (χ4v) is 5.75. The van der Waals surface area contributed by atoms with Gasteiger partial charge in [-0.3, -0.25) is 4.90 Å². The second-order valence-electron chi connectivity index (χ2n) is 5.34. The van der Waals surface area contributed by atoms with E-state index in [1.165, 1.54) is 11.3 Å². The Balaban J connectivity index is 1.69. The molecule has 21 heavy (non-hydrogen) atoms. The molecule has 2 aliphatic heterocycles. The molecule has 118 valence electrons. The number of rotatable bonds is 4. The normalized spacial score (nSPS) is 25.5. The van der Waals surface area contributed by atoms with E-state index in [-0.39, 0.29) is 0 Å². The van der Waals surface area contributed by atoms with E-state index in [2.05, 4.69) is 4.90 Å². The van der Waals surface area contributed by atoms with Crippen molar-refractivity contribution in [1.82, 2.24) is 9.21 Å². The van der Waals surface area contributed by atoms with Gasteiger partial charge in [0, 0.05) is 42.5 Å². The number of hydrogen-bond acceptors (Lipinski definition) is 5. The van der Waals surface area contributed by atoms with Crippen molar-refractivity contribution in [2.24, 2.45) is 0 Å². The van der Waals surface area contributed by atoms with Crippen LogP contribution in [0.5, 0.6) is 0 Å². The molecule has 2 fully saturated rings. The molecule has 0 amide bonds. The van der Waals surface area contributed by atoms with E-state index in [1.807, 2.05) is 0 Å². The summed E-state index contributed by atoms with van der Waals surface area (Å²) in [5.41, 5.74) is 0. The zero-order valence-corrected chi connectivity index (χ0v) is 14.1. The lowest BCUT2D eigenvalue weighted by molar-refractivity contribution is 0.0197. The van der Waals surface area contributed by atoms with Crippen LogP contribution in [0, 0.1) is 0 Å². The fraction of sp³-hybridized carbons (Fsp3) is 0.692. The molecule has 1 atom stereocenters. The first-order valence-corrected chi connectivity index (χ1v) is 9.92. The molecule has 0 aromatic carbocycles. The van der Waals surface area contributed by atoms with Crippen molar-refractivity contribution in [2.75, 3.05) is 39.4 Å². The molecule has 1 unspecified atom stereocenters. The number of sulfonamides is 1. The molecule has 3 heterocycles. The van der Waals surface area contributed by atoms with Crippen molar-refractivity contribution < 1.29 is 13.2 Å². The minimum Gasteiger partial charge on any atom is -0.379 e. The van der Waals surface area contributed by atoms with Crippen LogP contribution in [0.1, 0.15) is 11.3 Å². The van der Waals surface area contributed by atoms with Crippen LogP contribution in [-0.4, -0.2) is 63.1 Å². The van der Waals surface area contributed by atoms with Gasteiger partial charge in [0.25, 0.3) is 0 Å². The molecule has 1 aromatic rings. The largest absolute Gasteiger partial charge is 0.379 e. The number of hydrogen-bond donors (Lipinski definition) is 0. The zero-order chi connectivity index (χ0) is 14.9. The second kappa shape index (κ2) is 6.52. The van der Waals surface area contributed by atoms with Gasteiger partial charge in [0.15, 0.2) is 0 Å². The van der Waals surface area contributed by atoms with Gasteiger partial charge in [-0.25, -0.2) is 8.42 Å². The van der Waals surface area contributed by atoms with Crippen molar-refractivity contribution in [2.45, 2.75) is 23.2 Å². The monoisotopic (exact) mass is 350 g/mol. The second-order valence-corrected chi connectivity index (χ2v) is 8.54. The summed E-state index contributed by atoms with van der Waals surface area (Å²) in [6, 6.07) is 2.00. The summed E-state index contributed by atoms with van der Waals surface area (Å²) in [6.07, 6.45) is 0.895. The summed E-state index contributed by atoms with van der Waals surface area (Å²) in [5, 5.41) is 1.69. The smallest absolute Gasteiger partial charge is 0.243 e. The number of nitrogens with zero attached hydrogens (tertiary/aromatic N) is 2. The Morgan fingerprint density at radius 2 is 2.10 bits per heavy atom. The van der Waals surface area contributed by atoms with Gasteiger partial charge in [-0.15, -0.1) is 22.9 Å². The topological polar surface area (TPSA) is 49.9 Å². The number of alkyl halides is 1. The number of ether oxygens (including phenoxy) is 1. The molecule has 0 N–H and O–H groups in total. The lowest BCUT2D eigenvalue weighted by atomic mass is 10.2. The first-order chi connectivity index (χ1) is 10.1. The van der Waals surface area contributed by atoms with Crippen LogP contribution >= 0.6 is 22.9 Å². The maximum atomic E-state index is 12.6. The highest BCUT2D eigenvalue weighted by Gasteiger charge is 2.35. The van der Waals surface area contributed by atoms with E-state index < -0.39 is 10.0 Å². The minimum atomic E-state index is -3.37. The predicted octanol–water partition coefficient (Wildman–Crippen LogP) is 1.58. The molecular formula is C13H19ClN2O3S2. The van der Waals surface area contributed by atoms with Gasteiger partial charge < -0.3 is 4.74 Å². The highest BCUT2D eigenvalue weighted by atomic mass is 35.5. The maximum Gasteiger partial charge on any atom is 0.243 e. The summed E-state index contributed by atoms with van der Waals surface area (Å²) < 4.78 is 32.2. The highest BCUT2D eigenvalue weighted by Crippen LogP contribution is 2.27. The molecule has 2 saturated heterocycles. The van der Waals surface area contributed by atoms with Crippen LogP contribution in [0.2, 0.25) is 0 Å². The van der Waals surface area contributed by atoms with Crippen molar-refractivity contribution in [1.29, 1.82) is 0 Å². The number of morpholine rings is 1. The van der Waals surface area contributed by atoms with E-state index in [1.54, 1.807) is 15.8 Å².